The Balaban J connectivity index is 4.11. The molecule has 0 bridgehead atoms. The zero-order valence-electron chi connectivity index (χ0n) is 35.2. The van der Waals surface area contributed by atoms with Crippen LogP contribution in [0.25, 0.3) is 0 Å². The van der Waals surface area contributed by atoms with Crippen molar-refractivity contribution in [1.29, 1.82) is 0 Å². The molecule has 10 heteroatoms. The number of esters is 1. The molecule has 0 aliphatic heterocycles. The number of ether oxygens (including phenoxy) is 2. The Morgan fingerprint density at radius 2 is 0.944 bits per heavy atom. The van der Waals surface area contributed by atoms with Gasteiger partial charge in [0.15, 0.2) is 0 Å². The Hall–Kier alpha value is -0.800. The van der Waals surface area contributed by atoms with Crippen molar-refractivity contribution in [2.24, 2.45) is 0 Å². The third-order valence-corrected chi connectivity index (χ3v) is 10.9. The maximum absolute atomic E-state index is 12.6. The van der Waals surface area contributed by atoms with E-state index < -0.39 is 33.2 Å². The van der Waals surface area contributed by atoms with Crippen molar-refractivity contribution in [3.8, 4) is 0 Å². The molecule has 0 spiro atoms. The van der Waals surface area contributed by atoms with E-state index in [4.69, 9.17) is 23.6 Å². The lowest BCUT2D eigenvalue weighted by Crippen LogP contribution is -2.29. The molecule has 3 N–H and O–H groups in total. The van der Waals surface area contributed by atoms with Crippen LogP contribution in [0.3, 0.4) is 0 Å². The molecule has 1 unspecified atom stereocenters. The van der Waals surface area contributed by atoms with Crippen molar-refractivity contribution in [2.75, 3.05) is 33.0 Å². The summed E-state index contributed by atoms with van der Waals surface area (Å²) < 4.78 is 33.4. The van der Waals surface area contributed by atoms with Gasteiger partial charge in [0.1, 0.15) is 12.2 Å². The highest BCUT2D eigenvalue weighted by molar-refractivity contribution is 7.47. The normalized spacial score (nSPS) is 14.1. The largest absolute Gasteiger partial charge is 0.472 e. The summed E-state index contributed by atoms with van der Waals surface area (Å²) in [7, 11) is -4.51. The number of hydrogen-bond acceptors (Lipinski definition) is 8. The molecule has 0 saturated carbocycles. The van der Waals surface area contributed by atoms with E-state index in [1.165, 1.54) is 161 Å². The van der Waals surface area contributed by atoms with E-state index in [0.29, 0.717) is 6.61 Å². The van der Waals surface area contributed by atoms with E-state index in [0.717, 1.165) is 38.5 Å². The Kier molecular flexibility index (Phi) is 41.2. The van der Waals surface area contributed by atoms with Crippen LogP contribution in [0.2, 0.25) is 0 Å². The van der Waals surface area contributed by atoms with Crippen molar-refractivity contribution in [1.82, 2.24) is 0 Å². The molecule has 54 heavy (non-hydrogen) atoms. The summed E-state index contributed by atoms with van der Waals surface area (Å²) in [4.78, 5) is 22.6. The second kappa shape index (κ2) is 41.8. The number of hydrogen-bond donors (Lipinski definition) is 3. The zero-order valence-corrected chi connectivity index (χ0v) is 36.1. The van der Waals surface area contributed by atoms with Crippen LogP contribution < -0.4 is 0 Å². The van der Waals surface area contributed by atoms with Gasteiger partial charge in [0.05, 0.1) is 26.4 Å². The van der Waals surface area contributed by atoms with Gasteiger partial charge in [0.25, 0.3) is 0 Å². The summed E-state index contributed by atoms with van der Waals surface area (Å²) >= 11 is 0. The smallest absolute Gasteiger partial charge is 0.457 e. The van der Waals surface area contributed by atoms with Crippen LogP contribution in [0, 0.1) is 0 Å². The highest BCUT2D eigenvalue weighted by Crippen LogP contribution is 2.43. The first-order valence-corrected chi connectivity index (χ1v) is 24.2. The molecule has 9 nitrogen and oxygen atoms in total. The third kappa shape index (κ3) is 40.9. The van der Waals surface area contributed by atoms with Gasteiger partial charge in [0, 0.05) is 13.0 Å². The monoisotopic (exact) mass is 791 g/mol. The molecule has 0 saturated heterocycles. The van der Waals surface area contributed by atoms with Crippen molar-refractivity contribution < 1.29 is 43.0 Å². The molecule has 0 radical (unpaired) electrons. The molecule has 0 aliphatic carbocycles. The maximum Gasteiger partial charge on any atom is 0.472 e. The predicted molar refractivity (Wildman–Crippen MR) is 224 cm³/mol. The Bertz CT molecular complexity index is 856. The number of phosphoric ester groups is 1. The second-order valence-corrected chi connectivity index (χ2v) is 16.9. The van der Waals surface area contributed by atoms with Crippen molar-refractivity contribution >= 4 is 13.8 Å². The Morgan fingerprint density at radius 3 is 1.39 bits per heavy atom. The van der Waals surface area contributed by atoms with Crippen LogP contribution in [0.4, 0.5) is 0 Å². The lowest BCUT2D eigenvalue weighted by molar-refractivity contribution is -0.154. The van der Waals surface area contributed by atoms with Gasteiger partial charge < -0.3 is 24.6 Å². The topological polar surface area (TPSA) is 132 Å². The fraction of sp³-hybridized carbons (Fsp3) is 0.932. The Morgan fingerprint density at radius 1 is 0.556 bits per heavy atom. The van der Waals surface area contributed by atoms with Gasteiger partial charge in [-0.25, -0.2) is 4.57 Å². The van der Waals surface area contributed by atoms with E-state index in [2.05, 4.69) is 26.0 Å². The van der Waals surface area contributed by atoms with Gasteiger partial charge in [0.2, 0.25) is 0 Å². The highest BCUT2D eigenvalue weighted by atomic mass is 31.2. The van der Waals surface area contributed by atoms with E-state index in [1.54, 1.807) is 0 Å². The summed E-state index contributed by atoms with van der Waals surface area (Å²) in [6.45, 7) is 3.56. The third-order valence-electron chi connectivity index (χ3n) is 9.95. The fourth-order valence-electron chi connectivity index (χ4n) is 6.47. The molecule has 0 aromatic carbocycles. The molecule has 0 aromatic rings. The van der Waals surface area contributed by atoms with Gasteiger partial charge >= 0.3 is 13.8 Å². The summed E-state index contributed by atoms with van der Waals surface area (Å²) in [6.07, 6.45) is 41.6. The average Bonchev–Trinajstić information content (AvgIpc) is 3.16. The number of phosphoric acid groups is 1. The Labute approximate surface area is 332 Å². The zero-order chi connectivity index (χ0) is 39.6. The summed E-state index contributed by atoms with van der Waals surface area (Å²) in [6, 6.07) is 0. The molecule has 0 rings (SSSR count). The number of aliphatic hydroxyl groups excluding tert-OH is 2. The molecule has 322 valence electrons. The van der Waals surface area contributed by atoms with Crippen molar-refractivity contribution in [3.63, 3.8) is 0 Å². The molecule has 0 aliphatic rings. The van der Waals surface area contributed by atoms with Crippen LogP contribution >= 0.6 is 7.82 Å². The minimum absolute atomic E-state index is 0.0534. The van der Waals surface area contributed by atoms with E-state index in [1.807, 2.05) is 0 Å². The molecule has 0 amide bonds. The lowest BCUT2D eigenvalue weighted by atomic mass is 10.0. The molecule has 3 atom stereocenters. The quantitative estimate of drug-likeness (QED) is 0.0239. The first-order valence-electron chi connectivity index (χ1n) is 22.7. The number of aliphatic hydroxyl groups is 2. The first kappa shape index (κ1) is 53.2. The second-order valence-electron chi connectivity index (χ2n) is 15.4. The van der Waals surface area contributed by atoms with Crippen LogP contribution in [0.15, 0.2) is 12.2 Å². The molecule has 0 heterocycles. The summed E-state index contributed by atoms with van der Waals surface area (Å²) in [5, 5.41) is 18.3. The fourth-order valence-corrected chi connectivity index (χ4v) is 7.26. The maximum atomic E-state index is 12.6. The van der Waals surface area contributed by atoms with Gasteiger partial charge in [-0.15, -0.1) is 0 Å². The number of carbonyl (C=O) groups is 1. The number of unbranched alkanes of at least 4 members (excludes halogenated alkanes) is 28. The van der Waals surface area contributed by atoms with Crippen LogP contribution in [-0.2, 0) is 27.9 Å². The minimum Gasteiger partial charge on any atom is -0.457 e. The SMILES string of the molecule is CCCCCCCCCC/C=C\CCCCCCCCCC(=O)O[C@H](COCCCCCCCCCCCCCCCC)COP(=O)(O)OC[C@@H](O)CO. The highest BCUT2D eigenvalue weighted by Gasteiger charge is 2.26. The van der Waals surface area contributed by atoms with E-state index in [9.17, 15) is 19.4 Å². The number of allylic oxidation sites excluding steroid dienone is 2. The van der Waals surface area contributed by atoms with Gasteiger partial charge in [-0.2, -0.15) is 0 Å². The van der Waals surface area contributed by atoms with Crippen molar-refractivity contribution in [3.05, 3.63) is 12.2 Å². The van der Waals surface area contributed by atoms with Gasteiger partial charge in [-0.3, -0.25) is 13.8 Å². The van der Waals surface area contributed by atoms with Gasteiger partial charge in [-0.05, 0) is 38.5 Å². The van der Waals surface area contributed by atoms with Crippen LogP contribution in [-0.4, -0.2) is 66.3 Å². The molecular weight excluding hydrogens is 703 g/mol. The number of carbonyl (C=O) groups excluding carboxylic acids is 1. The van der Waals surface area contributed by atoms with E-state index >= 15 is 0 Å². The standard InChI is InChI=1S/C44H87O9P/c1-3-5-7-9-11-13-15-17-19-20-21-22-23-24-26-28-30-32-34-36-44(47)53-43(41-52-54(48,49)51-39-42(46)38-45)40-50-37-35-33-31-29-27-25-18-16-14-12-10-8-6-4-2/h20-21,42-43,45-46H,3-19,22-41H2,1-2H3,(H,48,49)/b21-20-/t42-,43+/m0/s1. The molecular formula is C44H87O9P. The van der Waals surface area contributed by atoms with Crippen LogP contribution in [0.5, 0.6) is 0 Å². The van der Waals surface area contributed by atoms with E-state index in [-0.39, 0.29) is 25.6 Å². The summed E-state index contributed by atoms with van der Waals surface area (Å²) in [5.74, 6) is -0.383. The molecule has 0 aromatic heterocycles. The van der Waals surface area contributed by atoms with Crippen LogP contribution in [0.1, 0.15) is 219 Å². The predicted octanol–water partition coefficient (Wildman–Crippen LogP) is 12.5. The van der Waals surface area contributed by atoms with Gasteiger partial charge in [-0.1, -0.05) is 187 Å². The minimum atomic E-state index is -4.51. The lowest BCUT2D eigenvalue weighted by Gasteiger charge is -2.20. The van der Waals surface area contributed by atoms with Crippen molar-refractivity contribution in [2.45, 2.75) is 232 Å². The number of rotatable bonds is 44. The first-order chi connectivity index (χ1) is 26.3. The molecule has 0 fully saturated rings. The summed E-state index contributed by atoms with van der Waals surface area (Å²) in [5.41, 5.74) is 0. The average molecular weight is 791 g/mol.